The van der Waals surface area contributed by atoms with Crippen LogP contribution in [0.25, 0.3) is 0 Å². The van der Waals surface area contributed by atoms with Crippen LogP contribution in [0.4, 0.5) is 5.69 Å². The van der Waals surface area contributed by atoms with Crippen molar-refractivity contribution in [1.29, 1.82) is 0 Å². The first-order valence-electron chi connectivity index (χ1n) is 6.04. The fraction of sp³-hybridized carbons (Fsp3) is 0.583. The molecule has 2 atom stereocenters. The number of anilines is 1. The molecule has 3 rings (SSSR count). The van der Waals surface area contributed by atoms with Crippen molar-refractivity contribution in [3.63, 3.8) is 0 Å². The quantitative estimate of drug-likeness (QED) is 0.796. The van der Waals surface area contributed by atoms with Crippen molar-refractivity contribution >= 4 is 28.9 Å². The van der Waals surface area contributed by atoms with Gasteiger partial charge < -0.3 is 10.2 Å². The zero-order valence-corrected chi connectivity index (χ0v) is 11.0. The zero-order chi connectivity index (χ0) is 11.8. The molecule has 5 heteroatoms. The Bertz CT molecular complexity index is 424. The van der Waals surface area contributed by atoms with E-state index in [-0.39, 0.29) is 0 Å². The molecular weight excluding hydrogens is 257 g/mol. The van der Waals surface area contributed by atoms with Gasteiger partial charge in [-0.2, -0.15) is 0 Å². The van der Waals surface area contributed by atoms with E-state index in [4.69, 9.17) is 23.2 Å². The smallest absolute Gasteiger partial charge is 0.147 e. The molecule has 3 heterocycles. The van der Waals surface area contributed by atoms with Crippen molar-refractivity contribution in [2.75, 3.05) is 24.5 Å². The highest BCUT2D eigenvalue weighted by atomic mass is 35.5. The number of nitrogens with one attached hydrogen (secondary N) is 1. The first kappa shape index (κ1) is 11.6. The standard InChI is InChI=1S/C12H15Cl2N3/c13-10-4-9(6-16-12(10)14)17-3-1-2-8-5-15-7-11(8)17/h4,6,8,11,15H,1-3,5,7H2. The second-order valence-corrected chi connectivity index (χ2v) is 5.55. The SMILES string of the molecule is Clc1cc(N2CCCC3CNCC32)cnc1Cl. The topological polar surface area (TPSA) is 28.2 Å². The molecule has 2 aliphatic heterocycles. The number of piperidine rings is 1. The van der Waals surface area contributed by atoms with Gasteiger partial charge in [0.2, 0.25) is 0 Å². The van der Waals surface area contributed by atoms with Crippen molar-refractivity contribution in [2.45, 2.75) is 18.9 Å². The van der Waals surface area contributed by atoms with Crippen LogP contribution in [0.5, 0.6) is 0 Å². The highest BCUT2D eigenvalue weighted by Gasteiger charge is 2.35. The minimum Gasteiger partial charge on any atom is -0.366 e. The second kappa shape index (κ2) is 4.63. The number of aromatic nitrogens is 1. The van der Waals surface area contributed by atoms with Gasteiger partial charge in [-0.25, -0.2) is 4.98 Å². The molecule has 0 bridgehead atoms. The number of hydrogen-bond donors (Lipinski definition) is 1. The van der Waals surface area contributed by atoms with Crippen molar-refractivity contribution < 1.29 is 0 Å². The molecule has 92 valence electrons. The van der Waals surface area contributed by atoms with Gasteiger partial charge in [0.1, 0.15) is 5.15 Å². The maximum atomic E-state index is 6.04. The minimum absolute atomic E-state index is 0.383. The van der Waals surface area contributed by atoms with E-state index in [0.717, 1.165) is 31.2 Å². The number of hydrogen-bond acceptors (Lipinski definition) is 3. The van der Waals surface area contributed by atoms with Crippen LogP contribution in [0.15, 0.2) is 12.3 Å². The van der Waals surface area contributed by atoms with E-state index in [2.05, 4.69) is 15.2 Å². The van der Waals surface area contributed by atoms with E-state index in [1.54, 1.807) is 0 Å². The lowest BCUT2D eigenvalue weighted by Crippen LogP contribution is -2.45. The van der Waals surface area contributed by atoms with Gasteiger partial charge in [0.05, 0.1) is 16.9 Å². The zero-order valence-electron chi connectivity index (χ0n) is 9.50. The summed E-state index contributed by atoms with van der Waals surface area (Å²) in [5.74, 6) is 0.762. The first-order valence-corrected chi connectivity index (χ1v) is 6.79. The Kier molecular flexibility index (Phi) is 3.16. The molecule has 0 amide bonds. The lowest BCUT2D eigenvalue weighted by molar-refractivity contribution is 0.385. The molecule has 3 nitrogen and oxygen atoms in total. The lowest BCUT2D eigenvalue weighted by atomic mass is 9.92. The summed E-state index contributed by atoms with van der Waals surface area (Å²) >= 11 is 11.9. The summed E-state index contributed by atoms with van der Waals surface area (Å²) in [5, 5.41) is 4.39. The van der Waals surface area contributed by atoms with Crippen LogP contribution in [-0.2, 0) is 0 Å². The molecule has 2 saturated heterocycles. The minimum atomic E-state index is 0.383. The third kappa shape index (κ3) is 2.12. The van der Waals surface area contributed by atoms with E-state index < -0.39 is 0 Å². The molecule has 0 saturated carbocycles. The van der Waals surface area contributed by atoms with Crippen LogP contribution in [-0.4, -0.2) is 30.7 Å². The third-order valence-corrected chi connectivity index (χ3v) is 4.48. The summed E-state index contributed by atoms with van der Waals surface area (Å²) in [5.41, 5.74) is 1.10. The molecule has 2 aliphatic rings. The fourth-order valence-electron chi connectivity index (χ4n) is 2.96. The highest BCUT2D eigenvalue weighted by molar-refractivity contribution is 6.41. The van der Waals surface area contributed by atoms with Gasteiger partial charge in [0.25, 0.3) is 0 Å². The maximum absolute atomic E-state index is 6.04. The Hall–Kier alpha value is -0.510. The maximum Gasteiger partial charge on any atom is 0.147 e. The molecule has 1 aromatic heterocycles. The molecule has 17 heavy (non-hydrogen) atoms. The Labute approximate surface area is 111 Å². The van der Waals surface area contributed by atoms with E-state index >= 15 is 0 Å². The van der Waals surface area contributed by atoms with Gasteiger partial charge in [-0.05, 0) is 24.8 Å². The molecule has 1 N–H and O–H groups in total. The third-order valence-electron chi connectivity index (χ3n) is 3.79. The number of halogens is 2. The largest absolute Gasteiger partial charge is 0.366 e. The predicted molar refractivity (Wildman–Crippen MR) is 71.0 cm³/mol. The van der Waals surface area contributed by atoms with Gasteiger partial charge in [0, 0.05) is 25.7 Å². The molecule has 0 aliphatic carbocycles. The van der Waals surface area contributed by atoms with Crippen LogP contribution in [0.2, 0.25) is 10.2 Å². The number of rotatable bonds is 1. The van der Waals surface area contributed by atoms with Gasteiger partial charge in [0.15, 0.2) is 0 Å². The summed E-state index contributed by atoms with van der Waals surface area (Å²) in [6.45, 7) is 3.28. The van der Waals surface area contributed by atoms with Crippen LogP contribution >= 0.6 is 23.2 Å². The molecule has 1 aromatic rings. The summed E-state index contributed by atoms with van der Waals surface area (Å²) in [7, 11) is 0. The van der Waals surface area contributed by atoms with Crippen LogP contribution in [0.1, 0.15) is 12.8 Å². The van der Waals surface area contributed by atoms with Gasteiger partial charge in [-0.1, -0.05) is 23.2 Å². The second-order valence-electron chi connectivity index (χ2n) is 4.79. The van der Waals surface area contributed by atoms with E-state index in [1.165, 1.54) is 12.8 Å². The van der Waals surface area contributed by atoms with Crippen molar-refractivity contribution in [1.82, 2.24) is 10.3 Å². The van der Waals surface area contributed by atoms with E-state index in [0.29, 0.717) is 16.2 Å². The monoisotopic (exact) mass is 271 g/mol. The van der Waals surface area contributed by atoms with Crippen molar-refractivity contribution in [3.05, 3.63) is 22.4 Å². The van der Waals surface area contributed by atoms with Crippen molar-refractivity contribution in [2.24, 2.45) is 5.92 Å². The summed E-state index contributed by atoms with van der Waals surface area (Å²) in [4.78, 5) is 6.56. The Morgan fingerprint density at radius 3 is 3.06 bits per heavy atom. The van der Waals surface area contributed by atoms with Crippen molar-refractivity contribution in [3.8, 4) is 0 Å². The lowest BCUT2D eigenvalue weighted by Gasteiger charge is -2.38. The van der Waals surface area contributed by atoms with Crippen LogP contribution < -0.4 is 10.2 Å². The summed E-state index contributed by atoms with van der Waals surface area (Å²) < 4.78 is 0. The first-order chi connectivity index (χ1) is 8.25. The fourth-order valence-corrected chi connectivity index (χ4v) is 3.22. The van der Waals surface area contributed by atoms with Gasteiger partial charge in [-0.3, -0.25) is 0 Å². The molecule has 0 radical (unpaired) electrons. The summed E-state index contributed by atoms with van der Waals surface area (Å²) in [6, 6.07) is 2.51. The van der Waals surface area contributed by atoms with Gasteiger partial charge in [-0.15, -0.1) is 0 Å². The molecule has 0 aromatic carbocycles. The van der Waals surface area contributed by atoms with Gasteiger partial charge >= 0.3 is 0 Å². The van der Waals surface area contributed by atoms with Crippen LogP contribution in [0, 0.1) is 5.92 Å². The molecule has 0 spiro atoms. The Morgan fingerprint density at radius 1 is 1.35 bits per heavy atom. The highest BCUT2D eigenvalue weighted by Crippen LogP contribution is 2.32. The normalized spacial score (nSPS) is 28.2. The van der Waals surface area contributed by atoms with Crippen LogP contribution in [0.3, 0.4) is 0 Å². The number of pyridine rings is 1. The Balaban J connectivity index is 1.89. The average Bonchev–Trinajstić information content (AvgIpc) is 2.80. The van der Waals surface area contributed by atoms with E-state index in [1.807, 2.05) is 12.3 Å². The Morgan fingerprint density at radius 2 is 2.24 bits per heavy atom. The summed E-state index contributed by atoms with van der Waals surface area (Å²) in [6.07, 6.45) is 4.39. The van der Waals surface area contributed by atoms with E-state index in [9.17, 15) is 0 Å². The average molecular weight is 272 g/mol. The molecular formula is C12H15Cl2N3. The number of nitrogens with zero attached hydrogens (tertiary/aromatic N) is 2. The molecule has 2 unspecified atom stereocenters. The molecule has 2 fully saturated rings. The predicted octanol–water partition coefficient (Wildman–Crippen LogP) is 2.58. The number of fused-ring (bicyclic) bond motifs is 1.